The average molecular weight is 235 g/mol. The summed E-state index contributed by atoms with van der Waals surface area (Å²) in [4.78, 5) is 0. The van der Waals surface area contributed by atoms with Crippen molar-refractivity contribution in [1.29, 1.82) is 0 Å². The standard InChI is InChI=1S/C15H24N.H2O/c1-5-14-9-11-15(12-10-14)8-6-7-13-16(2,3)4;/h5,9-12H,1,6-8,13H2,2-4H3;1H2/q+1;/p-1. The summed E-state index contributed by atoms with van der Waals surface area (Å²) in [5, 5.41) is 0. The highest BCUT2D eigenvalue weighted by molar-refractivity contribution is 5.47. The highest BCUT2D eigenvalue weighted by Crippen LogP contribution is 2.09. The molecule has 0 aliphatic carbocycles. The molecule has 0 atom stereocenters. The van der Waals surface area contributed by atoms with E-state index in [1.807, 2.05) is 6.08 Å². The molecule has 0 spiro atoms. The van der Waals surface area contributed by atoms with Crippen molar-refractivity contribution in [3.05, 3.63) is 42.0 Å². The summed E-state index contributed by atoms with van der Waals surface area (Å²) in [7, 11) is 6.75. The van der Waals surface area contributed by atoms with Crippen molar-refractivity contribution in [2.45, 2.75) is 19.3 Å². The molecule has 96 valence electrons. The Hall–Kier alpha value is -1.12. The van der Waals surface area contributed by atoms with Crippen LogP contribution >= 0.6 is 0 Å². The summed E-state index contributed by atoms with van der Waals surface area (Å²) in [5.41, 5.74) is 2.64. The number of nitrogens with zero attached hydrogens (tertiary/aromatic N) is 1. The molecule has 0 aliphatic heterocycles. The number of aryl methyl sites for hydroxylation is 1. The van der Waals surface area contributed by atoms with Crippen LogP contribution in [0.4, 0.5) is 0 Å². The lowest BCUT2D eigenvalue weighted by Gasteiger charge is -2.23. The fourth-order valence-corrected chi connectivity index (χ4v) is 1.74. The van der Waals surface area contributed by atoms with Gasteiger partial charge >= 0.3 is 0 Å². The van der Waals surface area contributed by atoms with Gasteiger partial charge in [-0.1, -0.05) is 36.9 Å². The van der Waals surface area contributed by atoms with Crippen LogP contribution in [0.2, 0.25) is 0 Å². The molecule has 1 N–H and O–H groups in total. The van der Waals surface area contributed by atoms with Crippen LogP contribution < -0.4 is 0 Å². The van der Waals surface area contributed by atoms with E-state index in [4.69, 9.17) is 0 Å². The molecule has 1 aromatic rings. The topological polar surface area (TPSA) is 30.0 Å². The van der Waals surface area contributed by atoms with Gasteiger partial charge in [-0.05, 0) is 30.4 Å². The van der Waals surface area contributed by atoms with Crippen molar-refractivity contribution in [2.24, 2.45) is 0 Å². The van der Waals surface area contributed by atoms with Crippen molar-refractivity contribution in [1.82, 2.24) is 0 Å². The summed E-state index contributed by atoms with van der Waals surface area (Å²) in [6.45, 7) is 5.02. The van der Waals surface area contributed by atoms with E-state index in [1.165, 1.54) is 36.9 Å². The van der Waals surface area contributed by atoms with Gasteiger partial charge in [-0.15, -0.1) is 0 Å². The summed E-state index contributed by atoms with van der Waals surface area (Å²) in [5.74, 6) is 0. The number of rotatable bonds is 6. The van der Waals surface area contributed by atoms with Gasteiger partial charge < -0.3 is 9.96 Å². The van der Waals surface area contributed by atoms with E-state index in [2.05, 4.69) is 52.0 Å². The monoisotopic (exact) mass is 235 g/mol. The Morgan fingerprint density at radius 2 is 1.65 bits per heavy atom. The molecular weight excluding hydrogens is 210 g/mol. The minimum absolute atomic E-state index is 0. The Morgan fingerprint density at radius 3 is 2.12 bits per heavy atom. The van der Waals surface area contributed by atoms with E-state index in [-0.39, 0.29) is 5.48 Å². The zero-order valence-corrected chi connectivity index (χ0v) is 11.3. The Morgan fingerprint density at radius 1 is 1.06 bits per heavy atom. The maximum atomic E-state index is 3.76. The molecule has 0 saturated heterocycles. The SMILES string of the molecule is C=Cc1ccc(CCCC[N+](C)(C)C)cc1.[OH-]. The van der Waals surface area contributed by atoms with E-state index in [9.17, 15) is 0 Å². The van der Waals surface area contributed by atoms with Crippen LogP contribution in [0.1, 0.15) is 24.0 Å². The van der Waals surface area contributed by atoms with Crippen molar-refractivity contribution in [3.63, 3.8) is 0 Å². The molecule has 1 rings (SSSR count). The Balaban J connectivity index is 0.00000256. The zero-order valence-electron chi connectivity index (χ0n) is 11.3. The summed E-state index contributed by atoms with van der Waals surface area (Å²) < 4.78 is 1.06. The number of hydrogen-bond acceptors (Lipinski definition) is 1. The number of hydrogen-bond donors (Lipinski definition) is 0. The third-order valence-electron chi connectivity index (χ3n) is 2.76. The third-order valence-corrected chi connectivity index (χ3v) is 2.76. The Bertz CT molecular complexity index is 322. The molecule has 0 saturated carbocycles. The molecule has 17 heavy (non-hydrogen) atoms. The van der Waals surface area contributed by atoms with Gasteiger partial charge in [-0.2, -0.15) is 0 Å². The fraction of sp³-hybridized carbons (Fsp3) is 0.467. The second kappa shape index (κ2) is 7.25. The van der Waals surface area contributed by atoms with Gasteiger partial charge in [-0.3, -0.25) is 0 Å². The fourth-order valence-electron chi connectivity index (χ4n) is 1.74. The molecule has 2 nitrogen and oxygen atoms in total. The molecule has 0 aromatic heterocycles. The van der Waals surface area contributed by atoms with E-state index in [0.29, 0.717) is 0 Å². The smallest absolute Gasteiger partial charge is 0.0780 e. The summed E-state index contributed by atoms with van der Waals surface area (Å²) >= 11 is 0. The predicted octanol–water partition coefficient (Wildman–Crippen LogP) is 3.18. The Labute approximate surface area is 105 Å². The molecule has 0 heterocycles. The van der Waals surface area contributed by atoms with Crippen LogP contribution in [0.3, 0.4) is 0 Å². The van der Waals surface area contributed by atoms with Gasteiger partial charge in [0, 0.05) is 0 Å². The number of unbranched alkanes of at least 4 members (excludes halogenated alkanes) is 1. The van der Waals surface area contributed by atoms with Crippen LogP contribution in [0.15, 0.2) is 30.8 Å². The van der Waals surface area contributed by atoms with E-state index >= 15 is 0 Å². The zero-order chi connectivity index (χ0) is 12.0. The van der Waals surface area contributed by atoms with Gasteiger partial charge in [0.1, 0.15) is 0 Å². The minimum atomic E-state index is 0. The van der Waals surface area contributed by atoms with Gasteiger partial charge in [0.25, 0.3) is 0 Å². The molecule has 0 fully saturated rings. The van der Waals surface area contributed by atoms with Crippen molar-refractivity contribution in [3.8, 4) is 0 Å². The quantitative estimate of drug-likeness (QED) is 0.550. The highest BCUT2D eigenvalue weighted by Gasteiger charge is 2.05. The van der Waals surface area contributed by atoms with Crippen LogP contribution in [-0.2, 0) is 6.42 Å². The molecular formula is C15H25NO. The molecule has 0 bridgehead atoms. The van der Waals surface area contributed by atoms with Crippen molar-refractivity contribution < 1.29 is 9.96 Å². The first-order chi connectivity index (χ1) is 7.51. The maximum Gasteiger partial charge on any atom is 0.0780 e. The lowest BCUT2D eigenvalue weighted by atomic mass is 10.1. The minimum Gasteiger partial charge on any atom is -0.870 e. The molecule has 0 aliphatic rings. The molecule has 0 unspecified atom stereocenters. The first-order valence-electron chi connectivity index (χ1n) is 6.03. The van der Waals surface area contributed by atoms with Crippen molar-refractivity contribution >= 4 is 6.08 Å². The van der Waals surface area contributed by atoms with Gasteiger partial charge in [0.2, 0.25) is 0 Å². The summed E-state index contributed by atoms with van der Waals surface area (Å²) in [6.07, 6.45) is 5.66. The second-order valence-corrected chi connectivity index (χ2v) is 5.42. The second-order valence-electron chi connectivity index (χ2n) is 5.42. The first kappa shape index (κ1) is 15.9. The summed E-state index contributed by atoms with van der Waals surface area (Å²) in [6, 6.07) is 8.70. The third kappa shape index (κ3) is 6.93. The lowest BCUT2D eigenvalue weighted by Crippen LogP contribution is -2.35. The van der Waals surface area contributed by atoms with E-state index < -0.39 is 0 Å². The highest BCUT2D eigenvalue weighted by atomic mass is 16.0. The van der Waals surface area contributed by atoms with Crippen LogP contribution in [0, 0.1) is 0 Å². The average Bonchev–Trinajstić information content (AvgIpc) is 2.24. The molecule has 2 heteroatoms. The normalized spacial score (nSPS) is 10.8. The first-order valence-corrected chi connectivity index (χ1v) is 6.03. The number of quaternary nitrogens is 1. The molecule has 0 amide bonds. The van der Waals surface area contributed by atoms with E-state index in [0.717, 1.165) is 4.48 Å². The van der Waals surface area contributed by atoms with Gasteiger partial charge in [0.05, 0.1) is 27.7 Å². The molecule has 1 aromatic carbocycles. The largest absolute Gasteiger partial charge is 0.870 e. The Kier molecular flexibility index (Phi) is 6.78. The number of benzene rings is 1. The van der Waals surface area contributed by atoms with Crippen LogP contribution in [0.5, 0.6) is 0 Å². The van der Waals surface area contributed by atoms with Crippen LogP contribution in [-0.4, -0.2) is 37.6 Å². The van der Waals surface area contributed by atoms with E-state index in [1.54, 1.807) is 0 Å². The van der Waals surface area contributed by atoms with Crippen LogP contribution in [0.25, 0.3) is 6.08 Å². The lowest BCUT2D eigenvalue weighted by molar-refractivity contribution is -0.870. The molecule has 0 radical (unpaired) electrons. The van der Waals surface area contributed by atoms with Gasteiger partial charge in [-0.25, -0.2) is 0 Å². The maximum absolute atomic E-state index is 3.76. The van der Waals surface area contributed by atoms with Gasteiger partial charge in [0.15, 0.2) is 0 Å². The van der Waals surface area contributed by atoms with Crippen molar-refractivity contribution in [2.75, 3.05) is 27.7 Å². The predicted molar refractivity (Wildman–Crippen MR) is 74.3 cm³/mol.